The molecule has 0 nitrogen and oxygen atoms in total. The van der Waals surface area contributed by atoms with E-state index in [1.807, 2.05) is 13.0 Å². The number of benzene rings is 1. The van der Waals surface area contributed by atoms with E-state index in [9.17, 15) is 0 Å². The van der Waals surface area contributed by atoms with E-state index in [1.54, 1.807) is 6.07 Å². The van der Waals surface area contributed by atoms with Gasteiger partial charge in [-0.05, 0) is 42.2 Å². The predicted molar refractivity (Wildman–Crippen MR) is 67.5 cm³/mol. The molecule has 0 fully saturated rings. The van der Waals surface area contributed by atoms with Crippen molar-refractivity contribution in [1.82, 2.24) is 0 Å². The molecule has 2 heteroatoms. The van der Waals surface area contributed by atoms with Gasteiger partial charge in [0, 0.05) is 16.0 Å². The number of allylic oxidation sites excluding steroid dienone is 3. The molecule has 0 unspecified atom stereocenters. The van der Waals surface area contributed by atoms with Crippen LogP contribution >= 0.6 is 23.2 Å². The van der Waals surface area contributed by atoms with E-state index in [2.05, 4.69) is 18.7 Å². The summed E-state index contributed by atoms with van der Waals surface area (Å²) < 4.78 is 0. The molecule has 0 N–H and O–H groups in total. The number of hydrogen-bond donors (Lipinski definition) is 0. The second-order valence-corrected chi connectivity index (χ2v) is 4.62. The molecule has 0 saturated heterocycles. The summed E-state index contributed by atoms with van der Waals surface area (Å²) in [5, 5.41) is 1.44. The van der Waals surface area contributed by atoms with E-state index in [-0.39, 0.29) is 0 Å². The minimum Gasteiger partial charge on any atom is -0.0946 e. The molecule has 1 aliphatic rings. The number of rotatable bonds is 1. The molecule has 0 bridgehead atoms. The van der Waals surface area contributed by atoms with Crippen molar-refractivity contribution in [3.63, 3.8) is 0 Å². The zero-order valence-corrected chi connectivity index (χ0v) is 10.1. The molecule has 0 spiro atoms. The summed E-state index contributed by atoms with van der Waals surface area (Å²) in [7, 11) is 0. The fourth-order valence-corrected chi connectivity index (χ4v) is 2.63. The van der Waals surface area contributed by atoms with Gasteiger partial charge in [-0.2, -0.15) is 0 Å². The highest BCUT2D eigenvalue weighted by atomic mass is 35.5. The zero-order chi connectivity index (χ0) is 11.0. The van der Waals surface area contributed by atoms with Gasteiger partial charge in [-0.3, -0.25) is 0 Å². The van der Waals surface area contributed by atoms with Crippen LogP contribution in [0, 0.1) is 5.92 Å². The first-order chi connectivity index (χ1) is 7.13. The van der Waals surface area contributed by atoms with Gasteiger partial charge in [-0.25, -0.2) is 0 Å². The van der Waals surface area contributed by atoms with Crippen LogP contribution in [0.3, 0.4) is 0 Å². The van der Waals surface area contributed by atoms with Crippen LogP contribution in [0.25, 0.3) is 5.57 Å². The Balaban J connectivity index is 2.49. The second-order valence-electron chi connectivity index (χ2n) is 3.78. The lowest BCUT2D eigenvalue weighted by Crippen LogP contribution is -1.91. The standard InChI is InChI=1S/C13H12Cl2/c1-3-4-9-5-12-11(8(9)2)6-10(14)7-13(12)15/h3-4,6-7,9H,2,5H2,1H3/b4-3-/t9-/m0/s1. The third-order valence-electron chi connectivity index (χ3n) is 2.80. The van der Waals surface area contributed by atoms with E-state index in [0.29, 0.717) is 10.9 Å². The minimum absolute atomic E-state index is 0.376. The van der Waals surface area contributed by atoms with Crippen LogP contribution in [0.2, 0.25) is 10.0 Å². The maximum absolute atomic E-state index is 6.16. The molecule has 0 aliphatic heterocycles. The Labute approximate surface area is 100 Å². The van der Waals surface area contributed by atoms with Crippen LogP contribution < -0.4 is 0 Å². The Morgan fingerprint density at radius 3 is 2.80 bits per heavy atom. The predicted octanol–water partition coefficient (Wildman–Crippen LogP) is 4.76. The van der Waals surface area contributed by atoms with Crippen LogP contribution in [0.1, 0.15) is 18.1 Å². The molecule has 0 saturated carbocycles. The van der Waals surface area contributed by atoms with Gasteiger partial charge in [0.25, 0.3) is 0 Å². The molecule has 2 rings (SSSR count). The lowest BCUT2D eigenvalue weighted by Gasteiger charge is -2.04. The first kappa shape index (κ1) is 10.8. The first-order valence-electron chi connectivity index (χ1n) is 4.93. The zero-order valence-electron chi connectivity index (χ0n) is 8.56. The Morgan fingerprint density at radius 2 is 2.13 bits per heavy atom. The maximum atomic E-state index is 6.16. The van der Waals surface area contributed by atoms with Crippen LogP contribution in [0.15, 0.2) is 30.9 Å². The molecule has 1 aromatic carbocycles. The number of fused-ring (bicyclic) bond motifs is 1. The van der Waals surface area contributed by atoms with Crippen LogP contribution in [0.5, 0.6) is 0 Å². The summed E-state index contributed by atoms with van der Waals surface area (Å²) in [6.45, 7) is 6.13. The minimum atomic E-state index is 0.376. The fraction of sp³-hybridized carbons (Fsp3) is 0.231. The SMILES string of the molecule is C=C1c2cc(Cl)cc(Cl)c2C[C@@H]1/C=C\C. The summed E-state index contributed by atoms with van der Waals surface area (Å²) >= 11 is 12.1. The third kappa shape index (κ3) is 1.84. The Kier molecular flexibility index (Phi) is 2.90. The quantitative estimate of drug-likeness (QED) is 0.620. The van der Waals surface area contributed by atoms with Gasteiger partial charge in [0.05, 0.1) is 0 Å². The molecule has 1 atom stereocenters. The largest absolute Gasteiger partial charge is 0.0946 e. The average molecular weight is 239 g/mol. The second kappa shape index (κ2) is 4.03. The molecule has 1 aromatic rings. The summed E-state index contributed by atoms with van der Waals surface area (Å²) in [6, 6.07) is 3.75. The molecule has 0 radical (unpaired) electrons. The molecule has 0 amide bonds. The van der Waals surface area contributed by atoms with Crippen molar-refractivity contribution in [1.29, 1.82) is 0 Å². The summed E-state index contributed by atoms with van der Waals surface area (Å²) in [5.41, 5.74) is 3.41. The average Bonchev–Trinajstić information content (AvgIpc) is 2.47. The fourth-order valence-electron chi connectivity index (χ4n) is 2.06. The summed E-state index contributed by atoms with van der Waals surface area (Å²) in [6.07, 6.45) is 5.15. The van der Waals surface area contributed by atoms with E-state index in [0.717, 1.165) is 22.6 Å². The first-order valence-corrected chi connectivity index (χ1v) is 5.69. The van der Waals surface area contributed by atoms with Crippen molar-refractivity contribution in [2.45, 2.75) is 13.3 Å². The molecule has 0 aromatic heterocycles. The van der Waals surface area contributed by atoms with E-state index in [1.165, 1.54) is 5.56 Å². The van der Waals surface area contributed by atoms with E-state index < -0.39 is 0 Å². The molecule has 15 heavy (non-hydrogen) atoms. The van der Waals surface area contributed by atoms with Gasteiger partial charge in [0.2, 0.25) is 0 Å². The number of hydrogen-bond acceptors (Lipinski definition) is 0. The molecule has 1 aliphatic carbocycles. The van der Waals surface area contributed by atoms with Crippen LogP contribution in [0.4, 0.5) is 0 Å². The Morgan fingerprint density at radius 1 is 1.40 bits per heavy atom. The van der Waals surface area contributed by atoms with E-state index in [4.69, 9.17) is 23.2 Å². The topological polar surface area (TPSA) is 0 Å². The van der Waals surface area contributed by atoms with Gasteiger partial charge in [-0.15, -0.1) is 0 Å². The van der Waals surface area contributed by atoms with Crippen molar-refractivity contribution < 1.29 is 0 Å². The van der Waals surface area contributed by atoms with Gasteiger partial charge >= 0.3 is 0 Å². The van der Waals surface area contributed by atoms with Crippen LogP contribution in [-0.4, -0.2) is 0 Å². The highest BCUT2D eigenvalue weighted by molar-refractivity contribution is 6.35. The Hall–Kier alpha value is -0.720. The molecule has 78 valence electrons. The van der Waals surface area contributed by atoms with Gasteiger partial charge < -0.3 is 0 Å². The lowest BCUT2D eigenvalue weighted by atomic mass is 10.0. The molecular formula is C13H12Cl2. The summed E-state index contributed by atoms with van der Waals surface area (Å²) in [5.74, 6) is 0.376. The van der Waals surface area contributed by atoms with Crippen molar-refractivity contribution in [2.75, 3.05) is 0 Å². The van der Waals surface area contributed by atoms with Gasteiger partial charge in [0.15, 0.2) is 0 Å². The highest BCUT2D eigenvalue weighted by Crippen LogP contribution is 2.41. The van der Waals surface area contributed by atoms with Crippen molar-refractivity contribution in [3.8, 4) is 0 Å². The van der Waals surface area contributed by atoms with Crippen molar-refractivity contribution >= 4 is 28.8 Å². The van der Waals surface area contributed by atoms with Crippen LogP contribution in [-0.2, 0) is 6.42 Å². The van der Waals surface area contributed by atoms with E-state index >= 15 is 0 Å². The monoisotopic (exact) mass is 238 g/mol. The molecule has 0 heterocycles. The van der Waals surface area contributed by atoms with Gasteiger partial charge in [0.1, 0.15) is 0 Å². The lowest BCUT2D eigenvalue weighted by molar-refractivity contribution is 0.869. The van der Waals surface area contributed by atoms with Crippen molar-refractivity contribution in [2.24, 2.45) is 5.92 Å². The van der Waals surface area contributed by atoms with Gasteiger partial charge in [-0.1, -0.05) is 41.9 Å². The van der Waals surface area contributed by atoms with Crippen molar-refractivity contribution in [3.05, 3.63) is 52.0 Å². The summed E-state index contributed by atoms with van der Waals surface area (Å²) in [4.78, 5) is 0. The Bertz CT molecular complexity index is 444. The molecular weight excluding hydrogens is 227 g/mol. The third-order valence-corrected chi connectivity index (χ3v) is 3.36. The highest BCUT2D eigenvalue weighted by Gasteiger charge is 2.25. The normalized spacial score (nSPS) is 19.9. The maximum Gasteiger partial charge on any atom is 0.0459 e. The smallest absolute Gasteiger partial charge is 0.0459 e. The number of halogens is 2.